The van der Waals surface area contributed by atoms with Crippen LogP contribution in [0.3, 0.4) is 0 Å². The third-order valence-corrected chi connectivity index (χ3v) is 2.11. The maximum atomic E-state index is 3.42. The van der Waals surface area contributed by atoms with E-state index < -0.39 is 0 Å². The first-order valence-corrected chi connectivity index (χ1v) is 4.76. The van der Waals surface area contributed by atoms with Gasteiger partial charge in [0.2, 0.25) is 0 Å². The number of hydrogen-bond donors (Lipinski definition) is 0. The van der Waals surface area contributed by atoms with Crippen molar-refractivity contribution in [3.63, 3.8) is 0 Å². The predicted octanol–water partition coefficient (Wildman–Crippen LogP) is 3.61. The lowest BCUT2D eigenvalue weighted by atomic mass is 10.1. The largest absolute Gasteiger partial charge is 0.0876 e. The molecule has 0 saturated carbocycles. The maximum Gasteiger partial charge on any atom is 0.0283 e. The van der Waals surface area contributed by atoms with E-state index in [2.05, 4.69) is 46.3 Å². The van der Waals surface area contributed by atoms with Crippen molar-refractivity contribution in [3.05, 3.63) is 41.5 Å². The number of rotatable bonds is 2. The molecule has 0 aromatic heterocycles. The van der Waals surface area contributed by atoms with Gasteiger partial charge in [-0.15, -0.1) is 0 Å². The predicted molar refractivity (Wildman–Crippen MR) is 53.8 cm³/mol. The van der Waals surface area contributed by atoms with Gasteiger partial charge in [0.25, 0.3) is 0 Å². The molecule has 0 saturated heterocycles. The van der Waals surface area contributed by atoms with E-state index in [0.29, 0.717) is 0 Å². The quantitative estimate of drug-likeness (QED) is 0.655. The highest BCUT2D eigenvalue weighted by molar-refractivity contribution is 9.08. The summed E-state index contributed by atoms with van der Waals surface area (Å²) in [6.07, 6.45) is 4.15. The molecule has 1 rings (SSSR count). The highest BCUT2D eigenvalue weighted by Crippen LogP contribution is 2.09. The number of allylic oxidation sites excluding steroid dienone is 1. The second kappa shape index (κ2) is 4.35. The molecule has 0 spiro atoms. The van der Waals surface area contributed by atoms with Gasteiger partial charge in [-0.2, -0.15) is 0 Å². The van der Waals surface area contributed by atoms with Gasteiger partial charge in [-0.05, 0) is 18.1 Å². The van der Waals surface area contributed by atoms with Crippen molar-refractivity contribution in [2.24, 2.45) is 0 Å². The lowest BCUT2D eigenvalue weighted by molar-refractivity contribution is 1.43. The summed E-state index contributed by atoms with van der Waals surface area (Å²) >= 11 is 3.42. The Morgan fingerprint density at radius 3 is 2.91 bits per heavy atom. The van der Waals surface area contributed by atoms with E-state index in [1.54, 1.807) is 0 Å². The van der Waals surface area contributed by atoms with E-state index >= 15 is 0 Å². The van der Waals surface area contributed by atoms with E-state index in [1.165, 1.54) is 11.1 Å². The normalized spacial score (nSPS) is 10.7. The number of benzene rings is 1. The zero-order chi connectivity index (χ0) is 8.10. The zero-order valence-electron chi connectivity index (χ0n) is 6.55. The molecule has 0 aliphatic heterocycles. The molecule has 0 amide bonds. The third-order valence-electron chi connectivity index (χ3n) is 1.46. The van der Waals surface area contributed by atoms with Crippen molar-refractivity contribution in [2.45, 2.75) is 12.3 Å². The number of hydrogen-bond acceptors (Lipinski definition) is 0. The molecule has 0 aliphatic carbocycles. The summed E-state index contributed by atoms with van der Waals surface area (Å²) in [5.74, 6) is 0. The molecule has 1 heteroatoms. The van der Waals surface area contributed by atoms with Crippen LogP contribution in [0.5, 0.6) is 0 Å². The molecule has 0 bridgehead atoms. The Bertz CT molecular complexity index is 251. The lowest BCUT2D eigenvalue weighted by Gasteiger charge is -1.96. The molecule has 0 heterocycles. The van der Waals surface area contributed by atoms with E-state index in [1.807, 2.05) is 13.0 Å². The van der Waals surface area contributed by atoms with Crippen LogP contribution in [-0.2, 0) is 5.33 Å². The SMILES string of the molecule is C/C=C\c1cccc(CBr)c1. The molecule has 0 aliphatic rings. The van der Waals surface area contributed by atoms with Gasteiger partial charge in [-0.25, -0.2) is 0 Å². The summed E-state index contributed by atoms with van der Waals surface area (Å²) < 4.78 is 0. The highest BCUT2D eigenvalue weighted by Gasteiger charge is 1.89. The lowest BCUT2D eigenvalue weighted by Crippen LogP contribution is -1.77. The van der Waals surface area contributed by atoms with Crippen LogP contribution >= 0.6 is 15.9 Å². The first-order chi connectivity index (χ1) is 5.36. The monoisotopic (exact) mass is 210 g/mol. The van der Waals surface area contributed by atoms with E-state index in [-0.39, 0.29) is 0 Å². The average Bonchev–Trinajstić information content (AvgIpc) is 2.06. The minimum Gasteiger partial charge on any atom is -0.0876 e. The molecule has 0 unspecified atom stereocenters. The third kappa shape index (κ3) is 2.51. The maximum absolute atomic E-state index is 3.42. The summed E-state index contributed by atoms with van der Waals surface area (Å²) in [4.78, 5) is 0. The van der Waals surface area contributed by atoms with Crippen LogP contribution < -0.4 is 0 Å². The molecular formula is C10H11Br. The van der Waals surface area contributed by atoms with Crippen molar-refractivity contribution in [1.82, 2.24) is 0 Å². The van der Waals surface area contributed by atoms with Gasteiger partial charge in [0, 0.05) is 5.33 Å². The fraction of sp³-hybridized carbons (Fsp3) is 0.200. The molecule has 0 N–H and O–H groups in total. The number of halogens is 1. The van der Waals surface area contributed by atoms with Gasteiger partial charge in [0.05, 0.1) is 0 Å². The second-order valence-electron chi connectivity index (χ2n) is 2.38. The smallest absolute Gasteiger partial charge is 0.0283 e. The Labute approximate surface area is 76.1 Å². The van der Waals surface area contributed by atoms with Crippen LogP contribution in [0.2, 0.25) is 0 Å². The van der Waals surface area contributed by atoms with Crippen molar-refractivity contribution in [1.29, 1.82) is 0 Å². The van der Waals surface area contributed by atoms with Crippen LogP contribution in [0.25, 0.3) is 6.08 Å². The molecule has 0 fully saturated rings. The Balaban J connectivity index is 2.91. The molecule has 1 aromatic rings. The van der Waals surface area contributed by atoms with Gasteiger partial charge >= 0.3 is 0 Å². The summed E-state index contributed by atoms with van der Waals surface area (Å²) in [5, 5.41) is 0.929. The second-order valence-corrected chi connectivity index (χ2v) is 2.94. The van der Waals surface area contributed by atoms with Crippen LogP contribution in [0.15, 0.2) is 30.3 Å². The fourth-order valence-corrected chi connectivity index (χ4v) is 1.32. The topological polar surface area (TPSA) is 0 Å². The van der Waals surface area contributed by atoms with Crippen molar-refractivity contribution in [3.8, 4) is 0 Å². The molecular weight excluding hydrogens is 200 g/mol. The Hall–Kier alpha value is -0.560. The molecule has 1 aromatic carbocycles. The van der Waals surface area contributed by atoms with Gasteiger partial charge < -0.3 is 0 Å². The molecule has 0 radical (unpaired) electrons. The van der Waals surface area contributed by atoms with Gasteiger partial charge in [0.15, 0.2) is 0 Å². The Kier molecular flexibility index (Phi) is 3.37. The average molecular weight is 211 g/mol. The van der Waals surface area contributed by atoms with Crippen molar-refractivity contribution >= 4 is 22.0 Å². The zero-order valence-corrected chi connectivity index (χ0v) is 8.14. The van der Waals surface area contributed by atoms with E-state index in [4.69, 9.17) is 0 Å². The molecule has 58 valence electrons. The summed E-state index contributed by atoms with van der Waals surface area (Å²) in [6, 6.07) is 8.47. The highest BCUT2D eigenvalue weighted by atomic mass is 79.9. The fourth-order valence-electron chi connectivity index (χ4n) is 0.972. The van der Waals surface area contributed by atoms with Crippen LogP contribution in [0.1, 0.15) is 18.1 Å². The van der Waals surface area contributed by atoms with Crippen molar-refractivity contribution < 1.29 is 0 Å². The van der Waals surface area contributed by atoms with Crippen LogP contribution in [-0.4, -0.2) is 0 Å². The molecule has 0 nitrogen and oxygen atoms in total. The Morgan fingerprint density at radius 1 is 1.45 bits per heavy atom. The first kappa shape index (κ1) is 8.54. The van der Waals surface area contributed by atoms with Crippen molar-refractivity contribution in [2.75, 3.05) is 0 Å². The van der Waals surface area contributed by atoms with E-state index in [9.17, 15) is 0 Å². The minimum atomic E-state index is 0.929. The Morgan fingerprint density at radius 2 is 2.27 bits per heavy atom. The summed E-state index contributed by atoms with van der Waals surface area (Å²) in [7, 11) is 0. The minimum absolute atomic E-state index is 0.929. The molecule has 11 heavy (non-hydrogen) atoms. The summed E-state index contributed by atoms with van der Waals surface area (Å²) in [5.41, 5.74) is 2.59. The molecule has 0 atom stereocenters. The standard InChI is InChI=1S/C10H11Br/c1-2-4-9-5-3-6-10(7-9)8-11/h2-7H,8H2,1H3/b4-2-. The van der Waals surface area contributed by atoms with Gasteiger partial charge in [-0.1, -0.05) is 52.3 Å². The van der Waals surface area contributed by atoms with E-state index in [0.717, 1.165) is 5.33 Å². The van der Waals surface area contributed by atoms with Crippen LogP contribution in [0.4, 0.5) is 0 Å². The number of alkyl halides is 1. The first-order valence-electron chi connectivity index (χ1n) is 3.64. The van der Waals surface area contributed by atoms with Gasteiger partial charge in [0.1, 0.15) is 0 Å². The van der Waals surface area contributed by atoms with Gasteiger partial charge in [-0.3, -0.25) is 0 Å². The van der Waals surface area contributed by atoms with Crippen LogP contribution in [0, 0.1) is 0 Å². The summed E-state index contributed by atoms with van der Waals surface area (Å²) in [6.45, 7) is 2.03.